The average molecular weight is 231 g/mol. The summed E-state index contributed by atoms with van der Waals surface area (Å²) < 4.78 is 0. The van der Waals surface area contributed by atoms with E-state index in [0.29, 0.717) is 5.41 Å². The van der Waals surface area contributed by atoms with Crippen molar-refractivity contribution in [3.8, 4) is 0 Å². The molecule has 1 aliphatic carbocycles. The smallest absolute Gasteiger partial charge is 0.0157 e. The second-order valence-electron chi connectivity index (χ2n) is 6.56. The predicted molar refractivity (Wildman–Crippen MR) is 74.3 cm³/mol. The van der Waals surface area contributed by atoms with E-state index in [2.05, 4.69) is 46.8 Å². The summed E-state index contributed by atoms with van der Waals surface area (Å²) >= 11 is 0. The van der Waals surface area contributed by atoms with Crippen LogP contribution in [0.15, 0.2) is 12.1 Å². The van der Waals surface area contributed by atoms with Crippen LogP contribution < -0.4 is 5.73 Å². The van der Waals surface area contributed by atoms with Gasteiger partial charge in [-0.05, 0) is 76.0 Å². The van der Waals surface area contributed by atoms with Gasteiger partial charge in [0, 0.05) is 5.54 Å². The summed E-state index contributed by atoms with van der Waals surface area (Å²) in [6, 6.07) is 4.59. The van der Waals surface area contributed by atoms with E-state index in [1.807, 2.05) is 0 Å². The Morgan fingerprint density at radius 1 is 1.12 bits per heavy atom. The molecule has 2 rings (SSSR count). The van der Waals surface area contributed by atoms with Crippen molar-refractivity contribution in [3.63, 3.8) is 0 Å². The van der Waals surface area contributed by atoms with Gasteiger partial charge in [-0.3, -0.25) is 0 Å². The summed E-state index contributed by atoms with van der Waals surface area (Å²) in [5, 5.41) is 0. The second-order valence-corrected chi connectivity index (χ2v) is 6.56. The quantitative estimate of drug-likeness (QED) is 0.844. The Labute approximate surface area is 105 Å². The Bertz CT molecular complexity index is 410. The fraction of sp³-hybridized carbons (Fsp3) is 0.625. The lowest BCUT2D eigenvalue weighted by molar-refractivity contribution is 0.292. The standard InChI is InChI=1S/C16H25N/c1-11-8-12(2)14(13(3)9-11)10-16(6-7-16)15(4,5)17/h8-9H,6-7,10,17H2,1-5H3. The predicted octanol–water partition coefficient (Wildman–Crippen LogP) is 3.67. The van der Waals surface area contributed by atoms with Crippen molar-refractivity contribution in [2.75, 3.05) is 0 Å². The molecule has 0 aliphatic heterocycles. The van der Waals surface area contributed by atoms with Gasteiger partial charge in [-0.2, -0.15) is 0 Å². The summed E-state index contributed by atoms with van der Waals surface area (Å²) in [7, 11) is 0. The molecule has 1 aromatic rings. The van der Waals surface area contributed by atoms with Crippen LogP contribution in [0.3, 0.4) is 0 Å². The zero-order chi connectivity index (χ0) is 12.8. The fourth-order valence-corrected chi connectivity index (χ4v) is 3.03. The highest BCUT2D eigenvalue weighted by Crippen LogP contribution is 2.55. The molecule has 0 aromatic heterocycles. The maximum Gasteiger partial charge on any atom is 0.0157 e. The second kappa shape index (κ2) is 3.84. The summed E-state index contributed by atoms with van der Waals surface area (Å²) in [5.74, 6) is 0. The van der Waals surface area contributed by atoms with Crippen LogP contribution in [0.4, 0.5) is 0 Å². The normalized spacial score (nSPS) is 18.2. The molecule has 1 heteroatoms. The minimum atomic E-state index is -0.0588. The van der Waals surface area contributed by atoms with E-state index in [-0.39, 0.29) is 5.54 Å². The molecule has 0 unspecified atom stereocenters. The largest absolute Gasteiger partial charge is 0.325 e. The topological polar surface area (TPSA) is 26.0 Å². The third-order valence-corrected chi connectivity index (χ3v) is 4.58. The van der Waals surface area contributed by atoms with Gasteiger partial charge in [0.1, 0.15) is 0 Å². The molecule has 0 spiro atoms. The third-order valence-electron chi connectivity index (χ3n) is 4.58. The van der Waals surface area contributed by atoms with Crippen LogP contribution in [-0.2, 0) is 6.42 Å². The van der Waals surface area contributed by atoms with E-state index >= 15 is 0 Å². The van der Waals surface area contributed by atoms with Gasteiger partial charge in [0.05, 0.1) is 0 Å². The van der Waals surface area contributed by atoms with Crippen molar-refractivity contribution in [2.24, 2.45) is 11.1 Å². The van der Waals surface area contributed by atoms with Crippen LogP contribution in [-0.4, -0.2) is 5.54 Å². The van der Waals surface area contributed by atoms with Crippen LogP contribution in [0.1, 0.15) is 48.9 Å². The molecule has 0 heterocycles. The number of aryl methyl sites for hydroxylation is 3. The van der Waals surface area contributed by atoms with Crippen LogP contribution in [0, 0.1) is 26.2 Å². The highest BCUT2D eigenvalue weighted by Gasteiger charge is 2.52. The first-order chi connectivity index (χ1) is 7.75. The van der Waals surface area contributed by atoms with Crippen LogP contribution in [0.25, 0.3) is 0 Å². The van der Waals surface area contributed by atoms with Gasteiger partial charge in [-0.1, -0.05) is 17.7 Å². The molecule has 0 atom stereocenters. The molecular weight excluding hydrogens is 206 g/mol. The molecule has 0 amide bonds. The maximum absolute atomic E-state index is 6.35. The third kappa shape index (κ3) is 2.26. The van der Waals surface area contributed by atoms with E-state index in [0.717, 1.165) is 6.42 Å². The number of hydrogen-bond donors (Lipinski definition) is 1. The molecule has 0 radical (unpaired) electrons. The zero-order valence-electron chi connectivity index (χ0n) is 11.9. The van der Waals surface area contributed by atoms with Gasteiger partial charge in [0.2, 0.25) is 0 Å². The Balaban J connectivity index is 2.32. The first-order valence-electron chi connectivity index (χ1n) is 6.61. The first kappa shape index (κ1) is 12.6. The highest BCUT2D eigenvalue weighted by atomic mass is 14.8. The Morgan fingerprint density at radius 3 is 1.94 bits per heavy atom. The molecule has 2 N–H and O–H groups in total. The van der Waals surface area contributed by atoms with Crippen molar-refractivity contribution >= 4 is 0 Å². The Kier molecular flexibility index (Phi) is 2.86. The molecule has 94 valence electrons. The summed E-state index contributed by atoms with van der Waals surface area (Å²) in [6.07, 6.45) is 3.71. The minimum Gasteiger partial charge on any atom is -0.325 e. The lowest BCUT2D eigenvalue weighted by Gasteiger charge is -2.32. The number of rotatable bonds is 3. The van der Waals surface area contributed by atoms with Crippen molar-refractivity contribution in [1.29, 1.82) is 0 Å². The van der Waals surface area contributed by atoms with E-state index in [4.69, 9.17) is 5.73 Å². The molecule has 0 saturated heterocycles. The highest BCUT2D eigenvalue weighted by molar-refractivity contribution is 5.39. The van der Waals surface area contributed by atoms with E-state index in [1.165, 1.54) is 35.1 Å². The van der Waals surface area contributed by atoms with Gasteiger partial charge >= 0.3 is 0 Å². The molecule has 1 nitrogen and oxygen atoms in total. The number of benzene rings is 1. The Morgan fingerprint density at radius 2 is 1.59 bits per heavy atom. The zero-order valence-corrected chi connectivity index (χ0v) is 11.9. The van der Waals surface area contributed by atoms with Crippen molar-refractivity contribution in [3.05, 3.63) is 34.4 Å². The van der Waals surface area contributed by atoms with Crippen LogP contribution in [0.2, 0.25) is 0 Å². The Hall–Kier alpha value is -0.820. The van der Waals surface area contributed by atoms with Crippen LogP contribution in [0.5, 0.6) is 0 Å². The van der Waals surface area contributed by atoms with E-state index in [1.54, 1.807) is 0 Å². The molecule has 17 heavy (non-hydrogen) atoms. The molecule has 1 aliphatic rings. The number of nitrogens with two attached hydrogens (primary N) is 1. The summed E-state index contributed by atoms with van der Waals surface area (Å²) in [5.41, 5.74) is 12.4. The van der Waals surface area contributed by atoms with Gasteiger partial charge in [0.25, 0.3) is 0 Å². The summed E-state index contributed by atoms with van der Waals surface area (Å²) in [4.78, 5) is 0. The average Bonchev–Trinajstić information content (AvgIpc) is 2.90. The molecule has 1 fully saturated rings. The van der Waals surface area contributed by atoms with Gasteiger partial charge in [-0.25, -0.2) is 0 Å². The van der Waals surface area contributed by atoms with E-state index < -0.39 is 0 Å². The molecular formula is C16H25N. The fourth-order valence-electron chi connectivity index (χ4n) is 3.03. The van der Waals surface area contributed by atoms with Crippen molar-refractivity contribution < 1.29 is 0 Å². The van der Waals surface area contributed by atoms with Crippen molar-refractivity contribution in [1.82, 2.24) is 0 Å². The van der Waals surface area contributed by atoms with Gasteiger partial charge in [0.15, 0.2) is 0 Å². The van der Waals surface area contributed by atoms with Crippen LogP contribution >= 0.6 is 0 Å². The lowest BCUT2D eigenvalue weighted by atomic mass is 9.78. The van der Waals surface area contributed by atoms with Gasteiger partial charge < -0.3 is 5.73 Å². The van der Waals surface area contributed by atoms with Crippen molar-refractivity contribution in [2.45, 2.75) is 59.4 Å². The molecule has 1 aromatic carbocycles. The SMILES string of the molecule is Cc1cc(C)c(CC2(C(C)(C)N)CC2)c(C)c1. The number of hydrogen-bond acceptors (Lipinski definition) is 1. The van der Waals surface area contributed by atoms with Gasteiger partial charge in [-0.15, -0.1) is 0 Å². The first-order valence-corrected chi connectivity index (χ1v) is 6.61. The molecule has 1 saturated carbocycles. The monoisotopic (exact) mass is 231 g/mol. The lowest BCUT2D eigenvalue weighted by Crippen LogP contribution is -2.43. The molecule has 0 bridgehead atoms. The summed E-state index contributed by atoms with van der Waals surface area (Å²) in [6.45, 7) is 11.0. The minimum absolute atomic E-state index is 0.0588. The van der Waals surface area contributed by atoms with E-state index in [9.17, 15) is 0 Å². The maximum atomic E-state index is 6.35.